The SMILES string of the molecule is CN(C)CC[C@H](CSc1ccccc1)Nc1c([N+](=O)[O-])cc(S(=O)(=O)NC(=O)c2ccc(N3CCN(CC4=C(c5ccc(Cl)cc5)CCCCC4)CC3)cc2)cc1C(F)(F)F. The van der Waals surface area contributed by atoms with Crippen LogP contribution in [0.4, 0.5) is 30.2 Å². The molecule has 0 unspecified atom stereocenters. The lowest BCUT2D eigenvalue weighted by molar-refractivity contribution is -0.384. The molecule has 0 radical (unpaired) electrons. The molecule has 0 bridgehead atoms. The molecule has 6 rings (SSSR count). The highest BCUT2D eigenvalue weighted by molar-refractivity contribution is 7.99. The molecule has 0 spiro atoms. The standard InChI is InChI=1S/C44H50ClF3N6O5S2/c1-51(2)22-21-35(30-60-37-10-6-4-7-11-37)49-42-40(44(46,47)48)27-38(28-41(42)54(56)57)61(58,59)50-43(55)32-15-19-36(20-16-32)53-25-23-52(24-26-53)29-33-9-5-3-8-12-39(33)31-13-17-34(45)18-14-31/h4,6-7,10-11,13-20,27-28,35,49H,3,5,8-9,12,21-26,29-30H2,1-2H3,(H,50,55)/t35-/m1/s1. The molecule has 1 fully saturated rings. The maximum atomic E-state index is 14.7. The zero-order valence-corrected chi connectivity index (χ0v) is 36.5. The molecule has 61 heavy (non-hydrogen) atoms. The van der Waals surface area contributed by atoms with Crippen molar-refractivity contribution in [2.75, 3.05) is 69.3 Å². The summed E-state index contributed by atoms with van der Waals surface area (Å²) >= 11 is 7.53. The number of hydrogen-bond acceptors (Lipinski definition) is 10. The molecule has 11 nitrogen and oxygen atoms in total. The Morgan fingerprint density at radius 2 is 1.61 bits per heavy atom. The molecule has 2 aliphatic rings. The van der Waals surface area contributed by atoms with E-state index >= 15 is 0 Å². The number of nitro groups is 1. The van der Waals surface area contributed by atoms with Crippen LogP contribution in [-0.4, -0.2) is 94.2 Å². The second-order valence-corrected chi connectivity index (χ2v) is 18.8. The number of nitro benzene ring substituents is 1. The van der Waals surface area contributed by atoms with E-state index in [1.54, 1.807) is 26.2 Å². The van der Waals surface area contributed by atoms with Gasteiger partial charge in [-0.15, -0.1) is 11.8 Å². The van der Waals surface area contributed by atoms with Gasteiger partial charge in [0.25, 0.3) is 21.6 Å². The van der Waals surface area contributed by atoms with Crippen LogP contribution >= 0.6 is 23.4 Å². The Hall–Kier alpha value is -4.61. The van der Waals surface area contributed by atoms with Gasteiger partial charge in [-0.3, -0.25) is 19.8 Å². The molecular weight excluding hydrogens is 849 g/mol. The molecule has 1 atom stereocenters. The predicted molar refractivity (Wildman–Crippen MR) is 237 cm³/mol. The number of piperazine rings is 1. The molecule has 1 amide bonds. The molecular formula is C44H50ClF3N6O5S2. The molecule has 4 aromatic carbocycles. The number of carbonyl (C=O) groups excluding carboxylic acids is 1. The summed E-state index contributed by atoms with van der Waals surface area (Å²) in [6.45, 7) is 4.46. The number of benzene rings is 4. The van der Waals surface area contributed by atoms with Crippen molar-refractivity contribution in [1.29, 1.82) is 0 Å². The molecule has 1 aliphatic carbocycles. The lowest BCUT2D eigenvalue weighted by Crippen LogP contribution is -2.47. The number of amides is 1. The summed E-state index contributed by atoms with van der Waals surface area (Å²) in [5.74, 6) is -0.827. The van der Waals surface area contributed by atoms with Crippen LogP contribution in [-0.2, 0) is 16.2 Å². The Labute approximate surface area is 364 Å². The van der Waals surface area contributed by atoms with Crippen molar-refractivity contribution >= 4 is 61.9 Å². The Morgan fingerprint density at radius 3 is 2.25 bits per heavy atom. The van der Waals surface area contributed by atoms with Gasteiger partial charge >= 0.3 is 6.18 Å². The van der Waals surface area contributed by atoms with Gasteiger partial charge in [-0.05, 0) is 118 Å². The van der Waals surface area contributed by atoms with Crippen molar-refractivity contribution in [2.45, 2.75) is 60.5 Å². The van der Waals surface area contributed by atoms with E-state index in [-0.39, 0.29) is 11.3 Å². The maximum absolute atomic E-state index is 14.7. The second kappa shape index (κ2) is 20.5. The summed E-state index contributed by atoms with van der Waals surface area (Å²) in [6.07, 6.45) is 0.784. The number of hydrogen-bond donors (Lipinski definition) is 2. The van der Waals surface area contributed by atoms with Crippen molar-refractivity contribution < 1.29 is 31.3 Å². The van der Waals surface area contributed by atoms with E-state index in [4.69, 9.17) is 11.6 Å². The minimum atomic E-state index is -5.19. The number of anilines is 2. The number of halogens is 4. The van der Waals surface area contributed by atoms with Crippen LogP contribution in [0.3, 0.4) is 0 Å². The first-order valence-electron chi connectivity index (χ1n) is 20.2. The highest BCUT2D eigenvalue weighted by atomic mass is 35.5. The van der Waals surface area contributed by atoms with Crippen molar-refractivity contribution in [3.63, 3.8) is 0 Å². The minimum absolute atomic E-state index is 0.0514. The third-order valence-corrected chi connectivity index (χ3v) is 13.6. The van der Waals surface area contributed by atoms with Gasteiger partial charge in [0.1, 0.15) is 5.69 Å². The molecule has 1 heterocycles. The van der Waals surface area contributed by atoms with Crippen molar-refractivity contribution in [3.05, 3.63) is 128 Å². The van der Waals surface area contributed by atoms with Crippen LogP contribution in [0.5, 0.6) is 0 Å². The van der Waals surface area contributed by atoms with Crippen LogP contribution in [0.25, 0.3) is 5.57 Å². The van der Waals surface area contributed by atoms with Gasteiger partial charge < -0.3 is 15.1 Å². The monoisotopic (exact) mass is 898 g/mol. The van der Waals surface area contributed by atoms with Gasteiger partial charge in [-0.2, -0.15) is 13.2 Å². The molecule has 0 aromatic heterocycles. The zero-order valence-electron chi connectivity index (χ0n) is 34.1. The van der Waals surface area contributed by atoms with Crippen LogP contribution < -0.4 is 14.9 Å². The lowest BCUT2D eigenvalue weighted by Gasteiger charge is -2.37. The van der Waals surface area contributed by atoms with Crippen molar-refractivity contribution in [3.8, 4) is 0 Å². The molecule has 0 saturated carbocycles. The minimum Gasteiger partial charge on any atom is -0.375 e. The first-order valence-corrected chi connectivity index (χ1v) is 23.0. The molecule has 17 heteroatoms. The van der Waals surface area contributed by atoms with Crippen LogP contribution in [0.15, 0.2) is 106 Å². The van der Waals surface area contributed by atoms with Gasteiger partial charge in [-0.25, -0.2) is 13.1 Å². The predicted octanol–water partition coefficient (Wildman–Crippen LogP) is 9.45. The maximum Gasteiger partial charge on any atom is 0.418 e. The van der Waals surface area contributed by atoms with Crippen LogP contribution in [0.1, 0.15) is 60.0 Å². The third kappa shape index (κ3) is 12.5. The fraction of sp³-hybridized carbons (Fsp3) is 0.386. The summed E-state index contributed by atoms with van der Waals surface area (Å²) in [4.78, 5) is 30.8. The number of alkyl halides is 3. The second-order valence-electron chi connectivity index (χ2n) is 15.6. The summed E-state index contributed by atoms with van der Waals surface area (Å²) in [6, 6.07) is 23.7. The average molecular weight is 900 g/mol. The van der Waals surface area contributed by atoms with E-state index in [1.165, 1.54) is 53.4 Å². The third-order valence-electron chi connectivity index (χ3n) is 10.9. The van der Waals surface area contributed by atoms with E-state index in [1.807, 2.05) is 52.1 Å². The van der Waals surface area contributed by atoms with E-state index in [0.29, 0.717) is 25.1 Å². The number of nitrogens with one attached hydrogen (secondary N) is 2. The molecule has 326 valence electrons. The largest absolute Gasteiger partial charge is 0.418 e. The number of thioether (sulfide) groups is 1. The van der Waals surface area contributed by atoms with Gasteiger partial charge in [0.05, 0.1) is 15.4 Å². The molecule has 2 N–H and O–H groups in total. The first kappa shape index (κ1) is 45.9. The Kier molecular flexibility index (Phi) is 15.4. The number of allylic oxidation sites excluding steroid dienone is 1. The van der Waals surface area contributed by atoms with Crippen molar-refractivity contribution in [2.24, 2.45) is 0 Å². The van der Waals surface area contributed by atoms with E-state index in [0.717, 1.165) is 67.6 Å². The normalized spacial score (nSPS) is 16.0. The van der Waals surface area contributed by atoms with Gasteiger partial charge in [0, 0.05) is 71.8 Å². The van der Waals surface area contributed by atoms with Gasteiger partial charge in [-0.1, -0.05) is 53.9 Å². The van der Waals surface area contributed by atoms with Crippen LogP contribution in [0, 0.1) is 10.1 Å². The average Bonchev–Trinajstić information content (AvgIpc) is 3.47. The van der Waals surface area contributed by atoms with Gasteiger partial charge in [0.15, 0.2) is 0 Å². The van der Waals surface area contributed by atoms with Crippen LogP contribution in [0.2, 0.25) is 5.02 Å². The fourth-order valence-corrected chi connectivity index (χ4v) is 9.76. The summed E-state index contributed by atoms with van der Waals surface area (Å²) < 4.78 is 72.8. The summed E-state index contributed by atoms with van der Waals surface area (Å²) in [5, 5.41) is 15.8. The Balaban J connectivity index is 1.13. The highest BCUT2D eigenvalue weighted by Crippen LogP contribution is 2.43. The highest BCUT2D eigenvalue weighted by Gasteiger charge is 2.40. The zero-order chi connectivity index (χ0) is 43.7. The number of nitrogens with zero attached hydrogens (tertiary/aromatic N) is 4. The molecule has 4 aromatic rings. The van der Waals surface area contributed by atoms with E-state index in [9.17, 15) is 36.5 Å². The summed E-state index contributed by atoms with van der Waals surface area (Å²) in [5.41, 5.74) is 1.41. The quantitative estimate of drug-likeness (QED) is 0.0638. The first-order chi connectivity index (χ1) is 29.1. The van der Waals surface area contributed by atoms with Gasteiger partial charge in [0.2, 0.25) is 0 Å². The lowest BCUT2D eigenvalue weighted by atomic mass is 9.95. The number of carbonyl (C=O) groups is 1. The Bertz CT molecular complexity index is 2290. The smallest absolute Gasteiger partial charge is 0.375 e. The van der Waals surface area contributed by atoms with E-state index in [2.05, 4.69) is 27.2 Å². The molecule has 1 saturated heterocycles. The number of rotatable bonds is 16. The van der Waals surface area contributed by atoms with E-state index < -0.39 is 54.9 Å². The molecule has 1 aliphatic heterocycles. The Morgan fingerprint density at radius 1 is 0.934 bits per heavy atom. The fourth-order valence-electron chi connectivity index (χ4n) is 7.62. The van der Waals surface area contributed by atoms with Crippen molar-refractivity contribution in [1.82, 2.24) is 14.5 Å². The topological polar surface area (TPSA) is 128 Å². The number of sulfonamides is 1. The summed E-state index contributed by atoms with van der Waals surface area (Å²) in [7, 11) is -1.41.